The molecule has 2 aromatic rings. The highest BCUT2D eigenvalue weighted by Gasteiger charge is 2.05. The first-order valence-electron chi connectivity index (χ1n) is 4.69. The van der Waals surface area contributed by atoms with Crippen LogP contribution in [0.3, 0.4) is 0 Å². The third kappa shape index (κ3) is 3.31. The summed E-state index contributed by atoms with van der Waals surface area (Å²) >= 11 is 15.1. The SMILES string of the molecule is Clc1ccc(Oc2ncc(CBr)cn2)c(Cl)c1. The Balaban J connectivity index is 2.19. The molecule has 0 spiro atoms. The Kier molecular flexibility index (Phi) is 4.20. The van der Waals surface area contributed by atoms with Crippen LogP contribution in [-0.4, -0.2) is 9.97 Å². The van der Waals surface area contributed by atoms with Crippen LogP contribution < -0.4 is 4.74 Å². The highest BCUT2D eigenvalue weighted by Crippen LogP contribution is 2.30. The Morgan fingerprint density at radius 2 is 1.88 bits per heavy atom. The molecule has 0 saturated heterocycles. The van der Waals surface area contributed by atoms with Gasteiger partial charge in [0.1, 0.15) is 5.75 Å². The largest absolute Gasteiger partial charge is 0.423 e. The van der Waals surface area contributed by atoms with Crippen molar-refractivity contribution in [3.63, 3.8) is 0 Å². The number of rotatable bonds is 3. The van der Waals surface area contributed by atoms with Gasteiger partial charge < -0.3 is 4.74 Å². The zero-order chi connectivity index (χ0) is 12.3. The van der Waals surface area contributed by atoms with Crippen LogP contribution in [0.1, 0.15) is 5.56 Å². The number of ether oxygens (including phenoxy) is 1. The number of aromatic nitrogens is 2. The molecular formula is C11H7BrCl2N2O. The molecule has 0 amide bonds. The molecule has 2 rings (SSSR count). The van der Waals surface area contributed by atoms with Gasteiger partial charge in [-0.15, -0.1) is 0 Å². The summed E-state index contributed by atoms with van der Waals surface area (Å²) in [6.45, 7) is 0. The van der Waals surface area contributed by atoms with Crippen molar-refractivity contribution in [3.8, 4) is 11.8 Å². The smallest absolute Gasteiger partial charge is 0.321 e. The third-order valence-electron chi connectivity index (χ3n) is 1.93. The molecule has 88 valence electrons. The minimum Gasteiger partial charge on any atom is -0.423 e. The summed E-state index contributed by atoms with van der Waals surface area (Å²) in [6.07, 6.45) is 3.36. The summed E-state index contributed by atoms with van der Waals surface area (Å²) in [5.74, 6) is 0.475. The van der Waals surface area contributed by atoms with Crippen LogP contribution in [0, 0.1) is 0 Å². The number of hydrogen-bond donors (Lipinski definition) is 0. The fourth-order valence-electron chi connectivity index (χ4n) is 1.12. The van der Waals surface area contributed by atoms with Gasteiger partial charge in [0, 0.05) is 22.7 Å². The van der Waals surface area contributed by atoms with Crippen molar-refractivity contribution in [1.29, 1.82) is 0 Å². The van der Waals surface area contributed by atoms with Crippen LogP contribution in [0.2, 0.25) is 10.0 Å². The van der Waals surface area contributed by atoms with E-state index >= 15 is 0 Å². The lowest BCUT2D eigenvalue weighted by molar-refractivity contribution is 0.441. The topological polar surface area (TPSA) is 35.0 Å². The summed E-state index contributed by atoms with van der Waals surface area (Å²) in [5.41, 5.74) is 0.972. The lowest BCUT2D eigenvalue weighted by Gasteiger charge is -2.05. The summed E-state index contributed by atoms with van der Waals surface area (Å²) in [4.78, 5) is 8.11. The van der Waals surface area contributed by atoms with Gasteiger partial charge in [-0.2, -0.15) is 0 Å². The molecule has 17 heavy (non-hydrogen) atoms. The molecule has 0 aliphatic rings. The molecule has 6 heteroatoms. The van der Waals surface area contributed by atoms with Crippen molar-refractivity contribution in [2.24, 2.45) is 0 Å². The van der Waals surface area contributed by atoms with Crippen LogP contribution >= 0.6 is 39.1 Å². The minimum absolute atomic E-state index is 0.249. The second kappa shape index (κ2) is 5.67. The van der Waals surface area contributed by atoms with Gasteiger partial charge in [-0.05, 0) is 23.8 Å². The zero-order valence-corrected chi connectivity index (χ0v) is 11.6. The Morgan fingerprint density at radius 3 is 2.47 bits per heavy atom. The van der Waals surface area contributed by atoms with Crippen LogP contribution in [0.4, 0.5) is 0 Å². The van der Waals surface area contributed by atoms with Crippen LogP contribution in [0.15, 0.2) is 30.6 Å². The third-order valence-corrected chi connectivity index (χ3v) is 3.11. The highest BCUT2D eigenvalue weighted by atomic mass is 79.9. The van der Waals surface area contributed by atoms with E-state index in [2.05, 4.69) is 25.9 Å². The van der Waals surface area contributed by atoms with E-state index in [1.807, 2.05) is 0 Å². The fraction of sp³-hybridized carbons (Fsp3) is 0.0909. The quantitative estimate of drug-likeness (QED) is 0.777. The lowest BCUT2D eigenvalue weighted by atomic mass is 10.3. The predicted molar refractivity (Wildman–Crippen MR) is 71.2 cm³/mol. The maximum atomic E-state index is 5.97. The molecule has 0 unspecified atom stereocenters. The Hall–Kier alpha value is -0.840. The van der Waals surface area contributed by atoms with E-state index in [1.165, 1.54) is 0 Å². The maximum Gasteiger partial charge on any atom is 0.321 e. The van der Waals surface area contributed by atoms with Crippen LogP contribution in [0.5, 0.6) is 11.8 Å². The van der Waals surface area contributed by atoms with Crippen molar-refractivity contribution in [1.82, 2.24) is 9.97 Å². The summed E-state index contributed by atoms with van der Waals surface area (Å²) < 4.78 is 5.44. The van der Waals surface area contributed by atoms with Crippen molar-refractivity contribution in [2.45, 2.75) is 5.33 Å². The number of hydrogen-bond acceptors (Lipinski definition) is 3. The van der Waals surface area contributed by atoms with Crippen molar-refractivity contribution in [3.05, 3.63) is 46.2 Å². The molecule has 0 aliphatic heterocycles. The van der Waals surface area contributed by atoms with Crippen molar-refractivity contribution >= 4 is 39.1 Å². The van der Waals surface area contributed by atoms with Gasteiger partial charge in [-0.1, -0.05) is 39.1 Å². The van der Waals surface area contributed by atoms with E-state index in [4.69, 9.17) is 27.9 Å². The molecule has 0 atom stereocenters. The van der Waals surface area contributed by atoms with Gasteiger partial charge in [0.2, 0.25) is 0 Å². The van der Waals surface area contributed by atoms with E-state index in [0.29, 0.717) is 21.1 Å². The Bertz CT molecular complexity index is 519. The van der Waals surface area contributed by atoms with E-state index in [9.17, 15) is 0 Å². The standard InChI is InChI=1S/C11H7BrCl2N2O/c12-4-7-5-15-11(16-6-7)17-10-2-1-8(13)3-9(10)14/h1-3,5-6H,4H2. The molecule has 0 fully saturated rings. The summed E-state index contributed by atoms with van der Waals surface area (Å²) in [6, 6.07) is 5.21. The van der Waals surface area contributed by atoms with E-state index in [-0.39, 0.29) is 6.01 Å². The molecule has 1 aromatic heterocycles. The molecular weight excluding hydrogens is 327 g/mol. The van der Waals surface area contributed by atoms with Gasteiger partial charge in [0.15, 0.2) is 0 Å². The maximum absolute atomic E-state index is 5.97. The predicted octanol–water partition coefficient (Wildman–Crippen LogP) is 4.47. The molecule has 0 bridgehead atoms. The first-order chi connectivity index (χ1) is 8.19. The van der Waals surface area contributed by atoms with Crippen molar-refractivity contribution in [2.75, 3.05) is 0 Å². The van der Waals surface area contributed by atoms with Crippen molar-refractivity contribution < 1.29 is 4.74 Å². The first-order valence-corrected chi connectivity index (χ1v) is 6.56. The molecule has 1 aromatic carbocycles. The van der Waals surface area contributed by atoms with Gasteiger partial charge in [0.05, 0.1) is 5.02 Å². The minimum atomic E-state index is 0.249. The molecule has 3 nitrogen and oxygen atoms in total. The second-order valence-electron chi connectivity index (χ2n) is 3.18. The summed E-state index contributed by atoms with van der Waals surface area (Å²) in [5, 5.41) is 1.68. The van der Waals surface area contributed by atoms with Gasteiger partial charge in [0.25, 0.3) is 0 Å². The van der Waals surface area contributed by atoms with Gasteiger partial charge in [-0.3, -0.25) is 0 Å². The average molecular weight is 334 g/mol. The van der Waals surface area contributed by atoms with Gasteiger partial charge in [-0.25, -0.2) is 9.97 Å². The zero-order valence-electron chi connectivity index (χ0n) is 8.53. The number of benzene rings is 1. The molecule has 0 saturated carbocycles. The van der Waals surface area contributed by atoms with E-state index in [1.54, 1.807) is 30.6 Å². The molecule has 0 aliphatic carbocycles. The highest BCUT2D eigenvalue weighted by molar-refractivity contribution is 9.08. The Morgan fingerprint density at radius 1 is 1.18 bits per heavy atom. The van der Waals surface area contributed by atoms with Gasteiger partial charge >= 0.3 is 6.01 Å². The molecule has 1 heterocycles. The van der Waals surface area contributed by atoms with E-state index in [0.717, 1.165) is 5.56 Å². The average Bonchev–Trinajstić information content (AvgIpc) is 2.34. The fourth-order valence-corrected chi connectivity index (χ4v) is 1.86. The summed E-state index contributed by atoms with van der Waals surface area (Å²) in [7, 11) is 0. The number of nitrogens with zero attached hydrogens (tertiary/aromatic N) is 2. The van der Waals surface area contributed by atoms with Crippen LogP contribution in [0.25, 0.3) is 0 Å². The van der Waals surface area contributed by atoms with E-state index < -0.39 is 0 Å². The number of halogens is 3. The monoisotopic (exact) mass is 332 g/mol. The molecule has 0 radical (unpaired) electrons. The normalized spacial score (nSPS) is 10.3. The van der Waals surface area contributed by atoms with Crippen LogP contribution in [-0.2, 0) is 5.33 Å². The second-order valence-corrected chi connectivity index (χ2v) is 4.59. The molecule has 0 N–H and O–H groups in total. The Labute approximate surface area is 117 Å². The number of alkyl halides is 1. The lowest BCUT2D eigenvalue weighted by Crippen LogP contribution is -1.93. The first kappa shape index (κ1) is 12.6.